The summed E-state index contributed by atoms with van der Waals surface area (Å²) in [5, 5.41) is -0.408. The summed E-state index contributed by atoms with van der Waals surface area (Å²) in [6.07, 6.45) is 1.38. The van der Waals surface area contributed by atoms with E-state index >= 15 is 0 Å². The molecule has 3 amide bonds. The fraction of sp³-hybridized carbons (Fsp3) is 0.100. The van der Waals surface area contributed by atoms with Crippen LogP contribution in [0.5, 0.6) is 11.5 Å². The van der Waals surface area contributed by atoms with Crippen molar-refractivity contribution in [3.63, 3.8) is 0 Å². The van der Waals surface area contributed by atoms with Crippen molar-refractivity contribution in [2.75, 3.05) is 13.7 Å². The van der Waals surface area contributed by atoms with Gasteiger partial charge in [0.25, 0.3) is 11.1 Å². The first kappa shape index (κ1) is 21.4. The van der Waals surface area contributed by atoms with Gasteiger partial charge in [0.2, 0.25) is 5.91 Å². The van der Waals surface area contributed by atoms with Crippen LogP contribution in [0, 0.1) is 0 Å². The average molecular weight is 447 g/mol. The molecular weight excluding hydrogens is 432 g/mol. The van der Waals surface area contributed by atoms with Crippen LogP contribution in [0.1, 0.15) is 15.9 Å². The summed E-state index contributed by atoms with van der Waals surface area (Å²) < 4.78 is 10.8. The predicted molar refractivity (Wildman–Crippen MR) is 111 cm³/mol. The molecule has 1 fully saturated rings. The van der Waals surface area contributed by atoms with Gasteiger partial charge in [-0.1, -0.05) is 35.9 Å². The summed E-state index contributed by atoms with van der Waals surface area (Å²) >= 11 is 6.70. The zero-order valence-electron chi connectivity index (χ0n) is 15.6. The van der Waals surface area contributed by atoms with Crippen molar-refractivity contribution in [2.45, 2.75) is 0 Å². The molecule has 0 aromatic heterocycles. The third-order valence-corrected chi connectivity index (χ3v) is 5.23. The molecule has 3 rings (SSSR count). The molecule has 8 nitrogen and oxygen atoms in total. The number of hydrogen-bond acceptors (Lipinski definition) is 7. The number of nitrogens with zero attached hydrogens (tertiary/aromatic N) is 1. The number of ether oxygens (including phenoxy) is 2. The molecule has 0 atom stereocenters. The van der Waals surface area contributed by atoms with Crippen LogP contribution in [0.25, 0.3) is 6.08 Å². The third kappa shape index (κ3) is 4.47. The lowest BCUT2D eigenvalue weighted by Gasteiger charge is -2.13. The van der Waals surface area contributed by atoms with Gasteiger partial charge in [-0.05, 0) is 36.0 Å². The van der Waals surface area contributed by atoms with Crippen LogP contribution in [0.4, 0.5) is 4.79 Å². The fourth-order valence-corrected chi connectivity index (χ4v) is 3.67. The van der Waals surface area contributed by atoms with Gasteiger partial charge in [0.05, 0.1) is 22.6 Å². The number of hydrogen-bond donors (Lipinski definition) is 1. The Morgan fingerprint density at radius 3 is 2.57 bits per heavy atom. The van der Waals surface area contributed by atoms with Crippen molar-refractivity contribution in [2.24, 2.45) is 5.73 Å². The molecule has 154 valence electrons. The minimum atomic E-state index is -0.811. The number of para-hydroxylation sites is 1. The Morgan fingerprint density at radius 1 is 1.17 bits per heavy atom. The van der Waals surface area contributed by atoms with Gasteiger partial charge in [-0.15, -0.1) is 0 Å². The highest BCUT2D eigenvalue weighted by Gasteiger charge is 2.36. The number of methoxy groups -OCH3 is 1. The van der Waals surface area contributed by atoms with Crippen LogP contribution in [0.2, 0.25) is 5.02 Å². The molecule has 1 saturated heterocycles. The zero-order chi connectivity index (χ0) is 21.8. The second-order valence-corrected chi connectivity index (χ2v) is 7.38. The van der Waals surface area contributed by atoms with E-state index < -0.39 is 29.6 Å². The highest BCUT2D eigenvalue weighted by atomic mass is 35.5. The van der Waals surface area contributed by atoms with Gasteiger partial charge in [0, 0.05) is 5.56 Å². The third-order valence-electron chi connectivity index (χ3n) is 3.99. The lowest BCUT2D eigenvalue weighted by Crippen LogP contribution is -2.36. The SMILES string of the molecule is COc1cccc(/C=C2\SC(=O)N(CC(N)=O)C2=O)c1OC(=O)c1ccccc1Cl. The molecule has 10 heteroatoms. The Hall–Kier alpha value is -3.30. The van der Waals surface area contributed by atoms with E-state index in [1.165, 1.54) is 19.3 Å². The predicted octanol–water partition coefficient (Wildman–Crippen LogP) is 3.09. The normalized spacial score (nSPS) is 14.9. The van der Waals surface area contributed by atoms with Gasteiger partial charge >= 0.3 is 5.97 Å². The first-order chi connectivity index (χ1) is 14.3. The van der Waals surface area contributed by atoms with E-state index in [0.717, 1.165) is 4.90 Å². The molecule has 1 aliphatic heterocycles. The smallest absolute Gasteiger partial charge is 0.345 e. The van der Waals surface area contributed by atoms with E-state index in [-0.39, 0.29) is 27.0 Å². The topological polar surface area (TPSA) is 116 Å². The van der Waals surface area contributed by atoms with Crippen molar-refractivity contribution in [3.05, 3.63) is 63.5 Å². The van der Waals surface area contributed by atoms with Crippen molar-refractivity contribution >= 4 is 52.5 Å². The number of nitrogens with two attached hydrogens (primary N) is 1. The number of carbonyl (C=O) groups excluding carboxylic acids is 4. The largest absolute Gasteiger partial charge is 0.493 e. The van der Waals surface area contributed by atoms with Crippen molar-refractivity contribution < 1.29 is 28.7 Å². The molecule has 0 radical (unpaired) electrons. The molecule has 2 N–H and O–H groups in total. The molecule has 30 heavy (non-hydrogen) atoms. The van der Waals surface area contributed by atoms with E-state index in [9.17, 15) is 19.2 Å². The first-order valence-corrected chi connectivity index (χ1v) is 9.68. The average Bonchev–Trinajstić information content (AvgIpc) is 2.96. The van der Waals surface area contributed by atoms with Crippen molar-refractivity contribution in [1.29, 1.82) is 0 Å². The molecule has 0 saturated carbocycles. The monoisotopic (exact) mass is 446 g/mol. The summed E-state index contributed by atoms with van der Waals surface area (Å²) in [6.45, 7) is -0.519. The number of halogens is 1. The number of thioether (sulfide) groups is 1. The number of imide groups is 1. The highest BCUT2D eigenvalue weighted by Crippen LogP contribution is 2.37. The van der Waals surface area contributed by atoms with Crippen LogP contribution in [0.15, 0.2) is 47.4 Å². The fourth-order valence-electron chi connectivity index (χ4n) is 2.62. The van der Waals surface area contributed by atoms with Gasteiger partial charge < -0.3 is 15.2 Å². The lowest BCUT2D eigenvalue weighted by atomic mass is 10.1. The number of esters is 1. The summed E-state index contributed by atoms with van der Waals surface area (Å²) in [6, 6.07) is 11.2. The standard InChI is InChI=1S/C20H15ClN2O6S/c1-28-14-8-4-5-11(9-15-18(25)23(10-16(22)24)20(27)30-15)17(14)29-19(26)12-6-2-3-7-13(12)21/h2-9H,10H2,1H3,(H2,22,24)/b15-9-. The summed E-state index contributed by atoms with van der Waals surface area (Å²) in [5.74, 6) is -1.92. The quantitative estimate of drug-likeness (QED) is 0.411. The molecule has 0 unspecified atom stereocenters. The number of carbonyl (C=O) groups is 4. The van der Waals surface area contributed by atoms with Crippen LogP contribution in [-0.4, -0.2) is 41.6 Å². The van der Waals surface area contributed by atoms with E-state index in [2.05, 4.69) is 0 Å². The van der Waals surface area contributed by atoms with Gasteiger partial charge in [0.1, 0.15) is 6.54 Å². The number of primary amides is 1. The van der Waals surface area contributed by atoms with E-state index in [4.69, 9.17) is 26.8 Å². The van der Waals surface area contributed by atoms with Gasteiger partial charge in [-0.2, -0.15) is 0 Å². The molecular formula is C20H15ClN2O6S. The van der Waals surface area contributed by atoms with Crippen LogP contribution >= 0.6 is 23.4 Å². The minimum Gasteiger partial charge on any atom is -0.493 e. The Bertz CT molecular complexity index is 1080. The number of rotatable bonds is 6. The maximum Gasteiger partial charge on any atom is 0.345 e. The van der Waals surface area contributed by atoms with E-state index in [0.29, 0.717) is 17.3 Å². The van der Waals surface area contributed by atoms with Crippen LogP contribution in [-0.2, 0) is 9.59 Å². The Balaban J connectivity index is 1.97. The maximum absolute atomic E-state index is 12.6. The minimum absolute atomic E-state index is 0.0459. The number of benzene rings is 2. The lowest BCUT2D eigenvalue weighted by molar-refractivity contribution is -0.127. The zero-order valence-corrected chi connectivity index (χ0v) is 17.2. The first-order valence-electron chi connectivity index (χ1n) is 8.49. The van der Waals surface area contributed by atoms with E-state index in [1.54, 1.807) is 36.4 Å². The second-order valence-electron chi connectivity index (χ2n) is 5.98. The van der Waals surface area contributed by atoms with Gasteiger partial charge in [-0.3, -0.25) is 19.3 Å². The molecule has 1 heterocycles. The maximum atomic E-state index is 12.6. The number of amides is 3. The molecule has 0 bridgehead atoms. The van der Waals surface area contributed by atoms with Crippen molar-refractivity contribution in [1.82, 2.24) is 4.90 Å². The van der Waals surface area contributed by atoms with Crippen LogP contribution < -0.4 is 15.2 Å². The Morgan fingerprint density at radius 2 is 1.90 bits per heavy atom. The molecule has 2 aromatic rings. The highest BCUT2D eigenvalue weighted by molar-refractivity contribution is 8.18. The molecule has 1 aliphatic rings. The van der Waals surface area contributed by atoms with Gasteiger partial charge in [-0.25, -0.2) is 4.79 Å². The Labute approximate surface area is 180 Å². The molecule has 2 aromatic carbocycles. The summed E-state index contributed by atoms with van der Waals surface area (Å²) in [4.78, 5) is 49.0. The summed E-state index contributed by atoms with van der Waals surface area (Å²) in [5.41, 5.74) is 5.55. The molecule has 0 spiro atoms. The van der Waals surface area contributed by atoms with Crippen LogP contribution in [0.3, 0.4) is 0 Å². The van der Waals surface area contributed by atoms with E-state index in [1.807, 2.05) is 0 Å². The van der Waals surface area contributed by atoms with Gasteiger partial charge in [0.15, 0.2) is 11.5 Å². The summed E-state index contributed by atoms with van der Waals surface area (Å²) in [7, 11) is 1.40. The second kappa shape index (κ2) is 9.02. The molecule has 0 aliphatic carbocycles. The van der Waals surface area contributed by atoms with Crippen molar-refractivity contribution in [3.8, 4) is 11.5 Å². The Kier molecular flexibility index (Phi) is 6.43.